The minimum Gasteiger partial charge on any atom is -0.334 e. The van der Waals surface area contributed by atoms with Gasteiger partial charge >= 0.3 is 0 Å². The molecule has 28 heavy (non-hydrogen) atoms. The van der Waals surface area contributed by atoms with Gasteiger partial charge in [-0.2, -0.15) is 0 Å². The van der Waals surface area contributed by atoms with Gasteiger partial charge in [-0.15, -0.1) is 0 Å². The minimum absolute atomic E-state index is 0.220. The number of benzene rings is 1. The fourth-order valence-electron chi connectivity index (χ4n) is 4.98. The lowest BCUT2D eigenvalue weighted by atomic mass is 9.89. The normalized spacial score (nSPS) is 25.3. The zero-order chi connectivity index (χ0) is 19.3. The minimum atomic E-state index is 0.220. The van der Waals surface area contributed by atoms with Gasteiger partial charge in [0.2, 0.25) is 0 Å². The Hall–Kier alpha value is -1.87. The average Bonchev–Trinajstić information content (AvgIpc) is 3.41. The second kappa shape index (κ2) is 9.09. The second-order valence-corrected chi connectivity index (χ2v) is 8.65. The molecule has 3 heteroatoms. The van der Waals surface area contributed by atoms with Gasteiger partial charge in [-0.1, -0.05) is 49.3 Å². The maximum absolute atomic E-state index is 13.1. The summed E-state index contributed by atoms with van der Waals surface area (Å²) < 4.78 is 0. The number of carbonyl (C=O) groups is 1. The SMILES string of the molecule is CCCC1=CCC(c2ccc(C(=O)N3CCCC3CN3CCCC3)cc2)C=C1. The van der Waals surface area contributed by atoms with Gasteiger partial charge in [0.05, 0.1) is 0 Å². The number of allylic oxidation sites excluding steroid dienone is 4. The third-order valence-corrected chi connectivity index (χ3v) is 6.61. The Morgan fingerprint density at radius 3 is 2.54 bits per heavy atom. The first kappa shape index (κ1) is 19.4. The van der Waals surface area contributed by atoms with Crippen molar-refractivity contribution >= 4 is 5.91 Å². The van der Waals surface area contributed by atoms with Crippen LogP contribution in [0.25, 0.3) is 0 Å². The van der Waals surface area contributed by atoms with Crippen molar-refractivity contribution in [2.24, 2.45) is 0 Å². The molecule has 2 aliphatic heterocycles. The number of hydrogen-bond acceptors (Lipinski definition) is 2. The van der Waals surface area contributed by atoms with Gasteiger partial charge in [-0.05, 0) is 69.3 Å². The van der Waals surface area contributed by atoms with E-state index in [1.807, 2.05) is 12.1 Å². The van der Waals surface area contributed by atoms with E-state index in [4.69, 9.17) is 0 Å². The van der Waals surface area contributed by atoms with Crippen molar-refractivity contribution in [2.75, 3.05) is 26.2 Å². The Bertz CT molecular complexity index is 727. The smallest absolute Gasteiger partial charge is 0.254 e. The van der Waals surface area contributed by atoms with Crippen LogP contribution >= 0.6 is 0 Å². The third-order valence-electron chi connectivity index (χ3n) is 6.61. The van der Waals surface area contributed by atoms with Crippen molar-refractivity contribution in [3.8, 4) is 0 Å². The number of hydrogen-bond donors (Lipinski definition) is 0. The lowest BCUT2D eigenvalue weighted by molar-refractivity contribution is 0.0709. The molecule has 1 aromatic carbocycles. The molecule has 0 aromatic heterocycles. The zero-order valence-corrected chi connectivity index (χ0v) is 17.3. The summed E-state index contributed by atoms with van der Waals surface area (Å²) in [4.78, 5) is 17.8. The Morgan fingerprint density at radius 2 is 1.86 bits per heavy atom. The molecular weight excluding hydrogens is 344 g/mol. The monoisotopic (exact) mass is 378 g/mol. The van der Waals surface area contributed by atoms with E-state index in [9.17, 15) is 4.79 Å². The Balaban J connectivity index is 1.38. The van der Waals surface area contributed by atoms with Gasteiger partial charge in [0.25, 0.3) is 5.91 Å². The summed E-state index contributed by atoms with van der Waals surface area (Å²) in [6, 6.07) is 8.80. The quantitative estimate of drug-likeness (QED) is 0.683. The first-order valence-electron chi connectivity index (χ1n) is 11.2. The van der Waals surface area contributed by atoms with Crippen LogP contribution < -0.4 is 0 Å². The molecule has 3 aliphatic rings. The van der Waals surface area contributed by atoms with Crippen LogP contribution in [0.3, 0.4) is 0 Å². The van der Waals surface area contributed by atoms with Gasteiger partial charge in [-0.3, -0.25) is 4.79 Å². The van der Waals surface area contributed by atoms with Crippen LogP contribution in [0.1, 0.15) is 73.7 Å². The molecule has 2 unspecified atom stereocenters. The first-order valence-corrected chi connectivity index (χ1v) is 11.2. The largest absolute Gasteiger partial charge is 0.334 e. The van der Waals surface area contributed by atoms with E-state index in [-0.39, 0.29) is 5.91 Å². The summed E-state index contributed by atoms with van der Waals surface area (Å²) in [5.41, 5.74) is 3.62. The number of likely N-dealkylation sites (tertiary alicyclic amines) is 2. The number of nitrogens with zero attached hydrogens (tertiary/aromatic N) is 2. The number of carbonyl (C=O) groups excluding carboxylic acids is 1. The van der Waals surface area contributed by atoms with Crippen molar-refractivity contribution in [3.05, 3.63) is 59.2 Å². The van der Waals surface area contributed by atoms with Crippen molar-refractivity contribution in [3.63, 3.8) is 0 Å². The van der Waals surface area contributed by atoms with Gasteiger partial charge in [-0.25, -0.2) is 0 Å². The summed E-state index contributed by atoms with van der Waals surface area (Å²) in [6.07, 6.45) is 15.3. The molecule has 1 aromatic rings. The van der Waals surface area contributed by atoms with Gasteiger partial charge in [0, 0.05) is 30.6 Å². The summed E-state index contributed by atoms with van der Waals surface area (Å²) in [5, 5.41) is 0. The summed E-state index contributed by atoms with van der Waals surface area (Å²) in [7, 11) is 0. The van der Waals surface area contributed by atoms with Crippen LogP contribution in [0.15, 0.2) is 48.1 Å². The molecule has 2 heterocycles. The van der Waals surface area contributed by atoms with E-state index < -0.39 is 0 Å². The lowest BCUT2D eigenvalue weighted by Crippen LogP contribution is -2.42. The van der Waals surface area contributed by atoms with Crippen molar-refractivity contribution in [1.29, 1.82) is 0 Å². The molecule has 1 aliphatic carbocycles. The van der Waals surface area contributed by atoms with Gasteiger partial charge in [0.15, 0.2) is 0 Å². The molecule has 0 bridgehead atoms. The topological polar surface area (TPSA) is 23.6 Å². The van der Waals surface area contributed by atoms with Crippen LogP contribution in [0.4, 0.5) is 0 Å². The van der Waals surface area contributed by atoms with Crippen LogP contribution in [-0.2, 0) is 0 Å². The molecule has 3 nitrogen and oxygen atoms in total. The molecule has 0 spiro atoms. The van der Waals surface area contributed by atoms with Crippen LogP contribution in [-0.4, -0.2) is 47.9 Å². The Labute approximate surface area is 170 Å². The van der Waals surface area contributed by atoms with E-state index in [1.165, 1.54) is 49.9 Å². The predicted octanol–water partition coefficient (Wildman–Crippen LogP) is 5.16. The predicted molar refractivity (Wildman–Crippen MR) is 116 cm³/mol. The molecule has 150 valence electrons. The first-order chi connectivity index (χ1) is 13.7. The molecule has 0 N–H and O–H groups in total. The van der Waals surface area contributed by atoms with Crippen molar-refractivity contribution < 1.29 is 4.79 Å². The fourth-order valence-corrected chi connectivity index (χ4v) is 4.98. The summed E-state index contributed by atoms with van der Waals surface area (Å²) >= 11 is 0. The number of amides is 1. The molecule has 0 saturated carbocycles. The van der Waals surface area contributed by atoms with E-state index >= 15 is 0 Å². The molecule has 2 saturated heterocycles. The Kier molecular flexibility index (Phi) is 6.31. The lowest BCUT2D eigenvalue weighted by Gasteiger charge is -2.28. The third kappa shape index (κ3) is 4.41. The van der Waals surface area contributed by atoms with Crippen molar-refractivity contribution in [1.82, 2.24) is 9.80 Å². The van der Waals surface area contributed by atoms with E-state index in [0.717, 1.165) is 37.9 Å². The second-order valence-electron chi connectivity index (χ2n) is 8.65. The van der Waals surface area contributed by atoms with E-state index in [1.54, 1.807) is 0 Å². The highest BCUT2D eigenvalue weighted by molar-refractivity contribution is 5.94. The maximum atomic E-state index is 13.1. The number of rotatable bonds is 6. The van der Waals surface area contributed by atoms with E-state index in [2.05, 4.69) is 47.1 Å². The maximum Gasteiger partial charge on any atom is 0.254 e. The van der Waals surface area contributed by atoms with Crippen LogP contribution in [0.2, 0.25) is 0 Å². The average molecular weight is 379 g/mol. The standard InChI is InChI=1S/C25H34N2O/c1-2-6-20-8-10-21(11-9-20)22-12-14-23(15-13-22)25(28)27-18-5-7-24(27)19-26-16-3-4-17-26/h8-10,12-15,21,24H,2-7,11,16-19H2,1H3. The highest BCUT2D eigenvalue weighted by atomic mass is 16.2. The van der Waals surface area contributed by atoms with E-state index in [0.29, 0.717) is 12.0 Å². The van der Waals surface area contributed by atoms with Gasteiger partial charge in [0.1, 0.15) is 0 Å². The van der Waals surface area contributed by atoms with Crippen LogP contribution in [0.5, 0.6) is 0 Å². The molecule has 0 radical (unpaired) electrons. The molecular formula is C25H34N2O. The van der Waals surface area contributed by atoms with Crippen LogP contribution in [0, 0.1) is 0 Å². The molecule has 2 fully saturated rings. The van der Waals surface area contributed by atoms with Gasteiger partial charge < -0.3 is 9.80 Å². The molecule has 2 atom stereocenters. The molecule has 1 amide bonds. The highest BCUT2D eigenvalue weighted by Crippen LogP contribution is 2.29. The fraction of sp³-hybridized carbons (Fsp3) is 0.560. The zero-order valence-electron chi connectivity index (χ0n) is 17.3. The van der Waals surface area contributed by atoms with Crippen molar-refractivity contribution in [2.45, 2.75) is 63.8 Å². The Morgan fingerprint density at radius 1 is 1.07 bits per heavy atom. The highest BCUT2D eigenvalue weighted by Gasteiger charge is 2.31. The summed E-state index contributed by atoms with van der Waals surface area (Å²) in [6.45, 7) is 6.61. The molecule has 4 rings (SSSR count). The summed E-state index contributed by atoms with van der Waals surface area (Å²) in [5.74, 6) is 0.664.